The maximum absolute atomic E-state index is 12.0. The molecule has 0 saturated carbocycles. The molecule has 0 fully saturated rings. The van der Waals surface area contributed by atoms with Crippen molar-refractivity contribution in [2.45, 2.75) is 13.0 Å². The molecule has 8 heteroatoms. The number of hydrogen-bond acceptors (Lipinski definition) is 5. The number of carbonyl (C=O) groups is 1. The number of ether oxygens (including phenoxy) is 2. The molecule has 0 radical (unpaired) electrons. The van der Waals surface area contributed by atoms with Crippen molar-refractivity contribution in [2.24, 2.45) is 0 Å². The highest BCUT2D eigenvalue weighted by molar-refractivity contribution is 9.10. The van der Waals surface area contributed by atoms with E-state index in [-0.39, 0.29) is 30.0 Å². The van der Waals surface area contributed by atoms with E-state index < -0.39 is 4.92 Å². The number of benzene rings is 2. The van der Waals surface area contributed by atoms with Crippen molar-refractivity contribution in [3.05, 3.63) is 62.6 Å². The lowest BCUT2D eigenvalue weighted by Crippen LogP contribution is -2.31. The number of nitro benzene ring substituents is 1. The van der Waals surface area contributed by atoms with Crippen molar-refractivity contribution in [1.29, 1.82) is 0 Å². The molecule has 0 heterocycles. The van der Waals surface area contributed by atoms with Gasteiger partial charge in [0, 0.05) is 4.47 Å². The molecule has 2 aromatic rings. The monoisotopic (exact) mass is 408 g/mol. The molecule has 1 atom stereocenters. The number of amides is 1. The lowest BCUT2D eigenvalue weighted by molar-refractivity contribution is -0.385. The summed E-state index contributed by atoms with van der Waals surface area (Å²) >= 11 is 3.35. The Morgan fingerprint density at radius 2 is 1.96 bits per heavy atom. The van der Waals surface area contributed by atoms with E-state index in [1.807, 2.05) is 31.2 Å². The Hall–Kier alpha value is -2.61. The molecular weight excluding hydrogens is 392 g/mol. The fourth-order valence-corrected chi connectivity index (χ4v) is 2.41. The number of nitrogens with one attached hydrogen (secondary N) is 1. The predicted molar refractivity (Wildman–Crippen MR) is 95.8 cm³/mol. The Balaban J connectivity index is 1.97. The Kier molecular flexibility index (Phi) is 6.35. The normalized spacial score (nSPS) is 11.5. The van der Waals surface area contributed by atoms with E-state index in [4.69, 9.17) is 9.47 Å². The maximum Gasteiger partial charge on any atom is 0.314 e. The second-order valence-corrected chi connectivity index (χ2v) is 6.14. The minimum absolute atomic E-state index is 0.0113. The summed E-state index contributed by atoms with van der Waals surface area (Å²) in [5.41, 5.74) is 0.681. The van der Waals surface area contributed by atoms with Gasteiger partial charge in [0.2, 0.25) is 0 Å². The molecule has 1 amide bonds. The van der Waals surface area contributed by atoms with E-state index in [1.54, 1.807) is 0 Å². The Labute approximate surface area is 153 Å². The van der Waals surface area contributed by atoms with E-state index >= 15 is 0 Å². The van der Waals surface area contributed by atoms with Crippen LogP contribution in [0.25, 0.3) is 0 Å². The van der Waals surface area contributed by atoms with Gasteiger partial charge in [-0.05, 0) is 36.8 Å². The molecule has 0 aliphatic heterocycles. The molecule has 2 aromatic carbocycles. The molecular formula is C17H17BrN2O5. The number of rotatable bonds is 7. The lowest BCUT2D eigenvalue weighted by Gasteiger charge is -2.15. The highest BCUT2D eigenvalue weighted by Gasteiger charge is 2.18. The molecule has 0 saturated heterocycles. The highest BCUT2D eigenvalue weighted by Crippen LogP contribution is 2.30. The van der Waals surface area contributed by atoms with Gasteiger partial charge in [0.05, 0.1) is 24.1 Å². The minimum Gasteiger partial charge on any atom is -0.496 e. The molecule has 0 unspecified atom stereocenters. The number of methoxy groups -OCH3 is 1. The van der Waals surface area contributed by atoms with Crippen LogP contribution in [0.15, 0.2) is 46.9 Å². The van der Waals surface area contributed by atoms with Crippen molar-refractivity contribution < 1.29 is 19.2 Å². The second-order valence-electron chi connectivity index (χ2n) is 5.22. The van der Waals surface area contributed by atoms with Crippen LogP contribution < -0.4 is 14.8 Å². The average molecular weight is 409 g/mol. The standard InChI is InChI=1S/C17H17BrN2O5/c1-11(12-3-5-13(18)6-4-12)19-17(21)10-25-16-8-7-14(24-2)9-15(16)20(22)23/h3-9,11H,10H2,1-2H3,(H,19,21)/t11-/m1/s1. The van der Waals surface area contributed by atoms with Crippen LogP contribution in [0.1, 0.15) is 18.5 Å². The molecule has 0 aromatic heterocycles. The van der Waals surface area contributed by atoms with Crippen LogP contribution in [0.5, 0.6) is 11.5 Å². The third-order valence-corrected chi connectivity index (χ3v) is 4.00. The summed E-state index contributed by atoms with van der Waals surface area (Å²) in [5.74, 6) is -0.0230. The van der Waals surface area contributed by atoms with E-state index in [9.17, 15) is 14.9 Å². The van der Waals surface area contributed by atoms with Gasteiger partial charge in [-0.3, -0.25) is 14.9 Å². The van der Waals surface area contributed by atoms with Crippen LogP contribution in [0.4, 0.5) is 5.69 Å². The first-order valence-electron chi connectivity index (χ1n) is 7.40. The third kappa shape index (κ3) is 5.18. The van der Waals surface area contributed by atoms with E-state index in [0.717, 1.165) is 10.0 Å². The zero-order valence-electron chi connectivity index (χ0n) is 13.7. The zero-order valence-corrected chi connectivity index (χ0v) is 15.3. The highest BCUT2D eigenvalue weighted by atomic mass is 79.9. The first-order valence-corrected chi connectivity index (χ1v) is 8.20. The SMILES string of the molecule is COc1ccc(OCC(=O)N[C@H](C)c2ccc(Br)cc2)c([N+](=O)[O-])c1. The van der Waals surface area contributed by atoms with Crippen molar-refractivity contribution in [2.75, 3.05) is 13.7 Å². The molecule has 0 spiro atoms. The average Bonchev–Trinajstić information content (AvgIpc) is 2.60. The van der Waals surface area contributed by atoms with Crippen molar-refractivity contribution in [3.8, 4) is 11.5 Å². The van der Waals surface area contributed by atoms with E-state index in [1.165, 1.54) is 25.3 Å². The van der Waals surface area contributed by atoms with E-state index in [2.05, 4.69) is 21.2 Å². The molecule has 1 N–H and O–H groups in total. The summed E-state index contributed by atoms with van der Waals surface area (Å²) in [4.78, 5) is 22.5. The molecule has 0 aliphatic carbocycles. The summed E-state index contributed by atoms with van der Waals surface area (Å²) in [6, 6.07) is 11.5. The quantitative estimate of drug-likeness (QED) is 0.557. The third-order valence-electron chi connectivity index (χ3n) is 3.47. The zero-order chi connectivity index (χ0) is 18.4. The van der Waals surface area contributed by atoms with Gasteiger partial charge in [-0.1, -0.05) is 28.1 Å². The Morgan fingerprint density at radius 3 is 2.56 bits per heavy atom. The van der Waals surface area contributed by atoms with Crippen LogP contribution in [-0.2, 0) is 4.79 Å². The number of carbonyl (C=O) groups excluding carboxylic acids is 1. The van der Waals surface area contributed by atoms with Gasteiger partial charge in [-0.2, -0.15) is 0 Å². The van der Waals surface area contributed by atoms with Crippen LogP contribution in [0.3, 0.4) is 0 Å². The molecule has 7 nitrogen and oxygen atoms in total. The van der Waals surface area contributed by atoms with Gasteiger partial charge >= 0.3 is 5.69 Å². The molecule has 0 aliphatic rings. The topological polar surface area (TPSA) is 90.7 Å². The molecule has 25 heavy (non-hydrogen) atoms. The smallest absolute Gasteiger partial charge is 0.314 e. The summed E-state index contributed by atoms with van der Waals surface area (Å²) in [5, 5.41) is 13.9. The van der Waals surface area contributed by atoms with E-state index in [0.29, 0.717) is 5.75 Å². The summed E-state index contributed by atoms with van der Waals surface area (Å²) in [6.07, 6.45) is 0. The van der Waals surface area contributed by atoms with Crippen molar-refractivity contribution in [3.63, 3.8) is 0 Å². The van der Waals surface area contributed by atoms with Gasteiger partial charge < -0.3 is 14.8 Å². The Morgan fingerprint density at radius 1 is 1.28 bits per heavy atom. The number of nitro groups is 1. The fraction of sp³-hybridized carbons (Fsp3) is 0.235. The number of nitrogens with zero attached hydrogens (tertiary/aromatic N) is 1. The molecule has 2 rings (SSSR count). The fourth-order valence-electron chi connectivity index (χ4n) is 2.15. The first kappa shape index (κ1) is 18.7. The van der Waals surface area contributed by atoms with Gasteiger partial charge in [-0.25, -0.2) is 0 Å². The van der Waals surface area contributed by atoms with Gasteiger partial charge in [0.15, 0.2) is 12.4 Å². The number of halogens is 1. The second kappa shape index (κ2) is 8.48. The summed E-state index contributed by atoms with van der Waals surface area (Å²) in [7, 11) is 1.41. The number of hydrogen-bond donors (Lipinski definition) is 1. The van der Waals surface area contributed by atoms with Crippen LogP contribution in [0.2, 0.25) is 0 Å². The Bertz CT molecular complexity index is 764. The van der Waals surface area contributed by atoms with Crippen molar-refractivity contribution in [1.82, 2.24) is 5.32 Å². The summed E-state index contributed by atoms with van der Waals surface area (Å²) < 4.78 is 11.2. The van der Waals surface area contributed by atoms with Crippen LogP contribution >= 0.6 is 15.9 Å². The predicted octanol–water partition coefficient (Wildman–Crippen LogP) is 3.62. The molecule has 132 valence electrons. The largest absolute Gasteiger partial charge is 0.496 e. The van der Waals surface area contributed by atoms with Crippen LogP contribution in [-0.4, -0.2) is 24.5 Å². The molecule has 0 bridgehead atoms. The first-order chi connectivity index (χ1) is 11.9. The van der Waals surface area contributed by atoms with Crippen LogP contribution in [0, 0.1) is 10.1 Å². The lowest BCUT2D eigenvalue weighted by atomic mass is 10.1. The summed E-state index contributed by atoms with van der Waals surface area (Å²) in [6.45, 7) is 1.52. The minimum atomic E-state index is -0.583. The van der Waals surface area contributed by atoms with Crippen molar-refractivity contribution >= 4 is 27.5 Å². The van der Waals surface area contributed by atoms with Gasteiger partial charge in [-0.15, -0.1) is 0 Å². The van der Waals surface area contributed by atoms with Gasteiger partial charge in [0.25, 0.3) is 5.91 Å². The maximum atomic E-state index is 12.0. The van der Waals surface area contributed by atoms with Gasteiger partial charge in [0.1, 0.15) is 5.75 Å².